The molecule has 0 radical (unpaired) electrons. The number of nitro benzene ring substituents is 1. The van der Waals surface area contributed by atoms with Crippen LogP contribution < -0.4 is 9.47 Å². The fourth-order valence-electron chi connectivity index (χ4n) is 2.78. The Kier molecular flexibility index (Phi) is 6.63. The van der Waals surface area contributed by atoms with Gasteiger partial charge in [-0.1, -0.05) is 23.8 Å². The van der Waals surface area contributed by atoms with E-state index in [2.05, 4.69) is 0 Å². The fraction of sp³-hybridized carbons (Fsp3) is 0.263. The molecule has 1 aliphatic heterocycles. The van der Waals surface area contributed by atoms with Crippen LogP contribution in [0.1, 0.15) is 15.9 Å². The minimum absolute atomic E-state index is 0.000443. The Morgan fingerprint density at radius 2 is 1.93 bits per heavy atom. The number of methoxy groups -OCH3 is 1. The maximum absolute atomic E-state index is 12.6. The van der Waals surface area contributed by atoms with Crippen LogP contribution in [0.3, 0.4) is 0 Å². The summed E-state index contributed by atoms with van der Waals surface area (Å²) < 4.78 is 16.1. The van der Waals surface area contributed by atoms with Gasteiger partial charge in [-0.25, -0.2) is 4.79 Å². The summed E-state index contributed by atoms with van der Waals surface area (Å²) in [5, 5.41) is 10.8. The summed E-state index contributed by atoms with van der Waals surface area (Å²) >= 11 is 11.6. The largest absolute Gasteiger partial charge is 0.493 e. The van der Waals surface area contributed by atoms with Crippen LogP contribution in [-0.4, -0.2) is 54.2 Å². The smallest absolute Gasteiger partial charge is 0.345 e. The molecule has 1 heterocycles. The maximum Gasteiger partial charge on any atom is 0.345 e. The van der Waals surface area contributed by atoms with E-state index in [0.29, 0.717) is 42.6 Å². The highest BCUT2D eigenvalue weighted by atomic mass is 35.5. The van der Waals surface area contributed by atoms with Crippen molar-refractivity contribution in [3.63, 3.8) is 0 Å². The molecule has 1 aliphatic rings. The molecular formula is C19H17ClN2O6S. The number of esters is 1. The van der Waals surface area contributed by atoms with E-state index < -0.39 is 10.9 Å². The number of non-ortho nitro benzene ring substituents is 1. The van der Waals surface area contributed by atoms with E-state index in [1.54, 1.807) is 18.2 Å². The number of ether oxygens (including phenoxy) is 3. The lowest BCUT2D eigenvalue weighted by molar-refractivity contribution is -0.384. The van der Waals surface area contributed by atoms with Crippen LogP contribution in [0.4, 0.5) is 5.69 Å². The Morgan fingerprint density at radius 1 is 1.21 bits per heavy atom. The normalized spacial score (nSPS) is 13.7. The lowest BCUT2D eigenvalue weighted by atomic mass is 10.1. The number of hydrogen-bond donors (Lipinski definition) is 0. The van der Waals surface area contributed by atoms with E-state index in [4.69, 9.17) is 38.0 Å². The van der Waals surface area contributed by atoms with Crippen molar-refractivity contribution in [2.45, 2.75) is 0 Å². The lowest BCUT2D eigenvalue weighted by Gasteiger charge is -2.29. The molecule has 1 saturated heterocycles. The zero-order chi connectivity index (χ0) is 21.0. The second kappa shape index (κ2) is 9.17. The van der Waals surface area contributed by atoms with Crippen molar-refractivity contribution < 1.29 is 23.9 Å². The molecule has 0 aliphatic carbocycles. The molecule has 3 rings (SSSR count). The second-order valence-corrected chi connectivity index (χ2v) is 6.87. The van der Waals surface area contributed by atoms with Gasteiger partial charge in [-0.05, 0) is 24.3 Å². The molecule has 2 aromatic rings. The highest BCUT2D eigenvalue weighted by Crippen LogP contribution is 2.31. The van der Waals surface area contributed by atoms with Crippen LogP contribution in [0.25, 0.3) is 0 Å². The summed E-state index contributed by atoms with van der Waals surface area (Å²) in [6, 6.07) is 8.59. The fourth-order valence-corrected chi connectivity index (χ4v) is 3.34. The van der Waals surface area contributed by atoms with E-state index in [-0.39, 0.29) is 22.0 Å². The molecular weight excluding hydrogens is 420 g/mol. The molecule has 1 fully saturated rings. The second-order valence-electron chi connectivity index (χ2n) is 6.08. The first kappa shape index (κ1) is 21.0. The minimum Gasteiger partial charge on any atom is -0.493 e. The van der Waals surface area contributed by atoms with E-state index in [9.17, 15) is 14.9 Å². The molecule has 0 amide bonds. The van der Waals surface area contributed by atoms with Crippen molar-refractivity contribution in [2.24, 2.45) is 0 Å². The minimum atomic E-state index is -0.766. The average molecular weight is 437 g/mol. The van der Waals surface area contributed by atoms with E-state index in [0.717, 1.165) is 6.07 Å². The summed E-state index contributed by atoms with van der Waals surface area (Å²) in [4.78, 5) is 25.4. The van der Waals surface area contributed by atoms with Crippen molar-refractivity contribution in [3.8, 4) is 11.5 Å². The van der Waals surface area contributed by atoms with Crippen molar-refractivity contribution in [2.75, 3.05) is 33.4 Å². The van der Waals surface area contributed by atoms with Gasteiger partial charge in [-0.15, -0.1) is 0 Å². The highest BCUT2D eigenvalue weighted by Gasteiger charge is 2.21. The topological polar surface area (TPSA) is 91.1 Å². The first-order chi connectivity index (χ1) is 13.9. The molecule has 0 bridgehead atoms. The molecule has 29 heavy (non-hydrogen) atoms. The van der Waals surface area contributed by atoms with Gasteiger partial charge in [0.15, 0.2) is 11.5 Å². The molecule has 0 atom stereocenters. The van der Waals surface area contributed by atoms with E-state index >= 15 is 0 Å². The van der Waals surface area contributed by atoms with Crippen molar-refractivity contribution >= 4 is 40.5 Å². The third-order valence-electron chi connectivity index (χ3n) is 4.29. The number of carbonyl (C=O) groups excluding carboxylic acids is 1. The van der Waals surface area contributed by atoms with Gasteiger partial charge in [-0.3, -0.25) is 10.1 Å². The van der Waals surface area contributed by atoms with Gasteiger partial charge in [-0.2, -0.15) is 0 Å². The van der Waals surface area contributed by atoms with E-state index in [1.165, 1.54) is 19.2 Å². The Morgan fingerprint density at radius 3 is 2.55 bits per heavy atom. The predicted octanol–water partition coefficient (Wildman–Crippen LogP) is 3.48. The van der Waals surface area contributed by atoms with Crippen LogP contribution in [0.2, 0.25) is 5.02 Å². The number of thiocarbonyl (C=S) groups is 1. The number of hydrogen-bond acceptors (Lipinski definition) is 7. The molecule has 0 unspecified atom stereocenters. The van der Waals surface area contributed by atoms with Gasteiger partial charge in [0.05, 0.1) is 35.8 Å². The van der Waals surface area contributed by atoms with Gasteiger partial charge >= 0.3 is 5.97 Å². The summed E-state index contributed by atoms with van der Waals surface area (Å²) in [5.74, 6) is -0.262. The molecule has 8 nitrogen and oxygen atoms in total. The van der Waals surface area contributed by atoms with Gasteiger partial charge in [0.25, 0.3) is 5.69 Å². The summed E-state index contributed by atoms with van der Waals surface area (Å²) in [6.07, 6.45) is 0. The Bertz CT molecular complexity index is 962. The first-order valence-corrected chi connectivity index (χ1v) is 9.40. The molecule has 152 valence electrons. The van der Waals surface area contributed by atoms with Crippen LogP contribution in [0.5, 0.6) is 11.5 Å². The molecule has 10 heteroatoms. The summed E-state index contributed by atoms with van der Waals surface area (Å²) in [6.45, 7) is 2.55. The predicted molar refractivity (Wildman–Crippen MR) is 110 cm³/mol. The van der Waals surface area contributed by atoms with Crippen LogP contribution in [0.15, 0.2) is 36.4 Å². The van der Waals surface area contributed by atoms with Gasteiger partial charge < -0.3 is 19.1 Å². The van der Waals surface area contributed by atoms with Crippen molar-refractivity contribution in [1.82, 2.24) is 4.90 Å². The van der Waals surface area contributed by atoms with E-state index in [1.807, 2.05) is 4.90 Å². The van der Waals surface area contributed by atoms with Crippen LogP contribution in [0, 0.1) is 10.1 Å². The lowest BCUT2D eigenvalue weighted by Crippen LogP contribution is -2.40. The van der Waals surface area contributed by atoms with Gasteiger partial charge in [0.2, 0.25) is 0 Å². The van der Waals surface area contributed by atoms with Crippen molar-refractivity contribution in [1.29, 1.82) is 0 Å². The molecule has 0 N–H and O–H groups in total. The number of rotatable bonds is 5. The number of morpholine rings is 1. The molecule has 0 aromatic heterocycles. The standard InChI is InChI=1S/C19H17ClN2O6S/c1-26-16-5-2-12(18(29)21-6-8-27-9-7-21)10-17(16)28-19(23)14-4-3-13(22(24)25)11-15(14)20/h2-5,10-11H,6-9H2,1H3. The quantitative estimate of drug-likeness (QED) is 0.231. The number of benzene rings is 2. The number of halogens is 1. The molecule has 0 spiro atoms. The Labute approximate surface area is 177 Å². The highest BCUT2D eigenvalue weighted by molar-refractivity contribution is 7.80. The monoisotopic (exact) mass is 436 g/mol. The zero-order valence-electron chi connectivity index (χ0n) is 15.4. The SMILES string of the molecule is COc1ccc(C(=S)N2CCOCC2)cc1OC(=O)c1ccc([N+](=O)[O-])cc1Cl. The van der Waals surface area contributed by atoms with Gasteiger partial charge in [0, 0.05) is 30.8 Å². The van der Waals surface area contributed by atoms with Gasteiger partial charge in [0.1, 0.15) is 4.99 Å². The maximum atomic E-state index is 12.6. The Balaban J connectivity index is 1.84. The summed E-state index contributed by atoms with van der Waals surface area (Å²) in [7, 11) is 1.45. The third-order valence-corrected chi connectivity index (χ3v) is 5.10. The number of nitrogens with zero attached hydrogens (tertiary/aromatic N) is 2. The third kappa shape index (κ3) is 4.81. The Hall–Kier alpha value is -2.75. The summed E-state index contributed by atoms with van der Waals surface area (Å²) in [5.41, 5.74) is 0.475. The molecule has 0 saturated carbocycles. The molecule has 2 aromatic carbocycles. The zero-order valence-corrected chi connectivity index (χ0v) is 17.0. The number of nitro groups is 1. The average Bonchev–Trinajstić information content (AvgIpc) is 2.73. The van der Waals surface area contributed by atoms with Crippen molar-refractivity contribution in [3.05, 3.63) is 62.7 Å². The first-order valence-electron chi connectivity index (χ1n) is 8.62. The van der Waals surface area contributed by atoms with Crippen LogP contribution >= 0.6 is 23.8 Å². The van der Waals surface area contributed by atoms with Crippen LogP contribution in [-0.2, 0) is 4.74 Å². The number of carbonyl (C=O) groups is 1.